The van der Waals surface area contributed by atoms with Crippen LogP contribution in [0.1, 0.15) is 13.3 Å². The van der Waals surface area contributed by atoms with Crippen LogP contribution >= 0.6 is 0 Å². The monoisotopic (exact) mass is 174 g/mol. The van der Waals surface area contributed by atoms with Crippen LogP contribution in [0, 0.1) is 5.92 Å². The fraction of sp³-hybridized carbons (Fsp3) is 0.333. The van der Waals surface area contributed by atoms with Crippen molar-refractivity contribution >= 4 is 18.5 Å². The lowest BCUT2D eigenvalue weighted by atomic mass is 10.1. The highest BCUT2D eigenvalue weighted by Crippen LogP contribution is 1.99. The Morgan fingerprint density at radius 1 is 1.46 bits per heavy atom. The summed E-state index contributed by atoms with van der Waals surface area (Å²) in [5.41, 5.74) is 0. The first-order valence-corrected chi connectivity index (χ1v) is 4.24. The molecule has 0 aliphatic carbocycles. The number of aromatic nitrogens is 3. The molecule has 0 amide bonds. The summed E-state index contributed by atoms with van der Waals surface area (Å²) in [4.78, 5) is 4.18. The van der Waals surface area contributed by atoms with Gasteiger partial charge in [-0.2, -0.15) is 0 Å². The normalized spacial score (nSPS) is 28.2. The maximum atomic E-state index is 4.18. The van der Waals surface area contributed by atoms with Gasteiger partial charge < -0.3 is 0 Å². The van der Waals surface area contributed by atoms with Crippen molar-refractivity contribution in [3.05, 3.63) is 16.8 Å². The lowest BCUT2D eigenvalue weighted by Crippen LogP contribution is -2.30. The van der Waals surface area contributed by atoms with Gasteiger partial charge in [0.15, 0.2) is 0 Å². The molecular weight excluding hydrogens is 164 g/mol. The van der Waals surface area contributed by atoms with Crippen LogP contribution in [0.2, 0.25) is 0 Å². The Balaban J connectivity index is 2.62. The molecule has 0 spiro atoms. The maximum absolute atomic E-state index is 4.18. The Kier molecular flexibility index (Phi) is 2.12. The standard InChI is InChI=1S/C9H10N4/c1-7-2-3-9-8(5-10-4-7)6-11-13-12-9/h3-7H,2H2,1H3/b8-5-,9-3-,10-4-. The second-order valence-electron chi connectivity index (χ2n) is 3.12. The molecule has 0 saturated heterocycles. The molecule has 4 heteroatoms. The third-order valence-electron chi connectivity index (χ3n) is 1.93. The zero-order valence-corrected chi connectivity index (χ0v) is 7.38. The maximum Gasteiger partial charge on any atom is 0.0939 e. The van der Waals surface area contributed by atoms with Crippen LogP contribution in [-0.2, 0) is 0 Å². The van der Waals surface area contributed by atoms with Gasteiger partial charge in [-0.25, -0.2) is 0 Å². The van der Waals surface area contributed by atoms with Crippen molar-refractivity contribution in [1.82, 2.24) is 15.4 Å². The zero-order valence-electron chi connectivity index (χ0n) is 7.38. The van der Waals surface area contributed by atoms with Gasteiger partial charge in [0.2, 0.25) is 0 Å². The molecule has 0 aromatic carbocycles. The van der Waals surface area contributed by atoms with Crippen molar-refractivity contribution in [1.29, 1.82) is 0 Å². The summed E-state index contributed by atoms with van der Waals surface area (Å²) in [6, 6.07) is 0. The van der Waals surface area contributed by atoms with E-state index >= 15 is 0 Å². The van der Waals surface area contributed by atoms with E-state index in [0.29, 0.717) is 5.92 Å². The summed E-state index contributed by atoms with van der Waals surface area (Å²) < 4.78 is 0. The van der Waals surface area contributed by atoms with Gasteiger partial charge in [-0.15, -0.1) is 10.2 Å². The van der Waals surface area contributed by atoms with Crippen LogP contribution in [0.4, 0.5) is 0 Å². The lowest BCUT2D eigenvalue weighted by molar-refractivity contribution is 0.803. The number of nitrogens with zero attached hydrogens (tertiary/aromatic N) is 4. The number of hydrogen-bond donors (Lipinski definition) is 0. The smallest absolute Gasteiger partial charge is 0.0939 e. The lowest BCUT2D eigenvalue weighted by Gasteiger charge is -2.00. The van der Waals surface area contributed by atoms with E-state index in [1.165, 1.54) is 0 Å². The fourth-order valence-corrected chi connectivity index (χ4v) is 1.17. The van der Waals surface area contributed by atoms with Crippen LogP contribution < -0.4 is 10.6 Å². The van der Waals surface area contributed by atoms with Crippen molar-refractivity contribution in [2.24, 2.45) is 10.9 Å². The Morgan fingerprint density at radius 3 is 3.31 bits per heavy atom. The van der Waals surface area contributed by atoms with Crippen LogP contribution in [0.3, 0.4) is 0 Å². The third-order valence-corrected chi connectivity index (χ3v) is 1.93. The Morgan fingerprint density at radius 2 is 2.38 bits per heavy atom. The first-order valence-electron chi connectivity index (χ1n) is 4.24. The molecule has 2 rings (SSSR count). The van der Waals surface area contributed by atoms with Gasteiger partial charge in [-0.3, -0.25) is 4.99 Å². The molecule has 13 heavy (non-hydrogen) atoms. The molecule has 66 valence electrons. The minimum atomic E-state index is 0.458. The van der Waals surface area contributed by atoms with Gasteiger partial charge in [-0.1, -0.05) is 13.0 Å². The number of hydrogen-bond acceptors (Lipinski definition) is 4. The largest absolute Gasteiger partial charge is 0.268 e. The number of fused-ring (bicyclic) bond motifs is 1. The van der Waals surface area contributed by atoms with E-state index in [2.05, 4.69) is 33.4 Å². The number of aliphatic imine (C=N–C) groups is 1. The van der Waals surface area contributed by atoms with E-state index < -0.39 is 0 Å². The van der Waals surface area contributed by atoms with Crippen LogP contribution in [0.25, 0.3) is 12.3 Å². The summed E-state index contributed by atoms with van der Waals surface area (Å²) in [5, 5.41) is 13.0. The highest BCUT2D eigenvalue weighted by Gasteiger charge is 1.97. The first kappa shape index (κ1) is 8.04. The second kappa shape index (κ2) is 3.43. The topological polar surface area (TPSA) is 51.0 Å². The highest BCUT2D eigenvalue weighted by molar-refractivity contribution is 5.65. The van der Waals surface area contributed by atoms with Gasteiger partial charge in [0.1, 0.15) is 0 Å². The van der Waals surface area contributed by atoms with E-state index in [0.717, 1.165) is 17.0 Å². The predicted octanol–water partition coefficient (Wildman–Crippen LogP) is -0.499. The summed E-state index contributed by atoms with van der Waals surface area (Å²) in [5.74, 6) is 0.458. The Hall–Kier alpha value is -1.58. The van der Waals surface area contributed by atoms with Gasteiger partial charge in [0.25, 0.3) is 0 Å². The third kappa shape index (κ3) is 1.77. The molecule has 0 radical (unpaired) electrons. The summed E-state index contributed by atoms with van der Waals surface area (Å²) in [7, 11) is 0. The summed E-state index contributed by atoms with van der Waals surface area (Å²) >= 11 is 0. The predicted molar refractivity (Wildman–Crippen MR) is 50.3 cm³/mol. The molecule has 1 aromatic rings. The number of rotatable bonds is 0. The summed E-state index contributed by atoms with van der Waals surface area (Å²) in [6.45, 7) is 2.12. The first-order chi connectivity index (χ1) is 6.36. The van der Waals surface area contributed by atoms with Crippen molar-refractivity contribution in [3.8, 4) is 0 Å². The van der Waals surface area contributed by atoms with E-state index in [4.69, 9.17) is 0 Å². The van der Waals surface area contributed by atoms with Crippen LogP contribution in [-0.4, -0.2) is 21.6 Å². The second-order valence-corrected chi connectivity index (χ2v) is 3.12. The molecule has 0 bridgehead atoms. The quantitative estimate of drug-likeness (QED) is 0.533. The van der Waals surface area contributed by atoms with Crippen molar-refractivity contribution in [2.75, 3.05) is 0 Å². The SMILES string of the molecule is CC1\C=N/C=c2/cnnn/c2=C\C1. The summed E-state index contributed by atoms with van der Waals surface area (Å²) in [6.07, 6.45) is 8.38. The molecule has 0 N–H and O–H groups in total. The van der Waals surface area contributed by atoms with Gasteiger partial charge in [0, 0.05) is 17.6 Å². The van der Waals surface area contributed by atoms with Crippen molar-refractivity contribution < 1.29 is 0 Å². The van der Waals surface area contributed by atoms with Crippen LogP contribution in [0.15, 0.2) is 11.2 Å². The fourth-order valence-electron chi connectivity index (χ4n) is 1.17. The average Bonchev–Trinajstić information content (AvgIpc) is 2.13. The van der Waals surface area contributed by atoms with Gasteiger partial charge >= 0.3 is 0 Å². The minimum absolute atomic E-state index is 0.458. The Labute approximate surface area is 75.7 Å². The van der Waals surface area contributed by atoms with Crippen molar-refractivity contribution in [2.45, 2.75) is 13.3 Å². The Bertz CT molecular complexity index is 435. The molecule has 1 unspecified atom stereocenters. The van der Waals surface area contributed by atoms with E-state index in [1.54, 1.807) is 12.4 Å². The molecule has 0 saturated carbocycles. The molecule has 1 aliphatic rings. The minimum Gasteiger partial charge on any atom is -0.268 e. The average molecular weight is 174 g/mol. The van der Waals surface area contributed by atoms with Crippen molar-refractivity contribution in [3.63, 3.8) is 0 Å². The molecule has 0 fully saturated rings. The molecule has 1 atom stereocenters. The van der Waals surface area contributed by atoms with E-state index in [9.17, 15) is 0 Å². The van der Waals surface area contributed by atoms with Gasteiger partial charge in [-0.05, 0) is 17.6 Å². The van der Waals surface area contributed by atoms with E-state index in [1.807, 2.05) is 6.21 Å². The zero-order chi connectivity index (χ0) is 9.10. The highest BCUT2D eigenvalue weighted by atomic mass is 15.3. The molecule has 4 nitrogen and oxygen atoms in total. The van der Waals surface area contributed by atoms with Gasteiger partial charge in [0.05, 0.1) is 11.5 Å². The molecule has 1 aromatic heterocycles. The molecular formula is C9H10N4. The van der Waals surface area contributed by atoms with Crippen LogP contribution in [0.5, 0.6) is 0 Å². The van der Waals surface area contributed by atoms with E-state index in [-0.39, 0.29) is 0 Å². The molecule has 1 aliphatic heterocycles. The molecule has 2 heterocycles.